The number of fused-ring (bicyclic) bond motifs is 3. The van der Waals surface area contributed by atoms with Crippen LogP contribution in [0.5, 0.6) is 0 Å². The first-order valence-corrected chi connectivity index (χ1v) is 7.69. The van der Waals surface area contributed by atoms with Crippen molar-refractivity contribution in [2.75, 3.05) is 12.4 Å². The minimum atomic E-state index is -1.13. The molecule has 4 unspecified atom stereocenters. The number of imidazole rings is 1. The Morgan fingerprint density at radius 3 is 2.91 bits per heavy atom. The molecule has 22 heavy (non-hydrogen) atoms. The van der Waals surface area contributed by atoms with Gasteiger partial charge in [0.15, 0.2) is 16.8 Å². The van der Waals surface area contributed by atoms with Crippen molar-refractivity contribution in [1.82, 2.24) is 14.5 Å². The van der Waals surface area contributed by atoms with Gasteiger partial charge in [-0.2, -0.15) is 0 Å². The summed E-state index contributed by atoms with van der Waals surface area (Å²) in [6.45, 7) is 0.555. The van der Waals surface area contributed by atoms with Crippen molar-refractivity contribution >= 4 is 22.9 Å². The van der Waals surface area contributed by atoms with E-state index in [0.29, 0.717) is 5.65 Å². The standard InChI is InChI=1S/C12H15N4O4S.BrH/c17-3-6-8(18)9(19)11(20-6)16-5-13-7-10(16)14-4-15-1-2-21-12(7)15;/h4-6,8-9,11,17-19H,1-3H2;1H/q+1;/p-1. The molecule has 120 valence electrons. The van der Waals surface area contributed by atoms with Crippen LogP contribution in [0.25, 0.3) is 11.2 Å². The SMILES string of the molecule is OCC1OC(n2cnc3c4[n+](cnc32)CCS4)C(O)C1O.[Br-]. The highest BCUT2D eigenvalue weighted by Gasteiger charge is 2.44. The second kappa shape index (κ2) is 6.02. The van der Waals surface area contributed by atoms with Gasteiger partial charge in [0.1, 0.15) is 31.2 Å². The van der Waals surface area contributed by atoms with Gasteiger partial charge in [-0.15, -0.1) is 0 Å². The zero-order chi connectivity index (χ0) is 14.6. The van der Waals surface area contributed by atoms with Crippen LogP contribution in [0.15, 0.2) is 17.7 Å². The molecule has 1 fully saturated rings. The smallest absolute Gasteiger partial charge is 0.289 e. The van der Waals surface area contributed by atoms with Crippen molar-refractivity contribution in [1.29, 1.82) is 0 Å². The molecule has 2 aromatic heterocycles. The van der Waals surface area contributed by atoms with Crippen LogP contribution < -0.4 is 21.5 Å². The Morgan fingerprint density at radius 1 is 1.36 bits per heavy atom. The molecule has 3 N–H and O–H groups in total. The van der Waals surface area contributed by atoms with Crippen LogP contribution in [0.1, 0.15) is 6.23 Å². The number of rotatable bonds is 2. The van der Waals surface area contributed by atoms with Gasteiger partial charge in [0.2, 0.25) is 0 Å². The maximum absolute atomic E-state index is 10.1. The van der Waals surface area contributed by atoms with Gasteiger partial charge >= 0.3 is 0 Å². The van der Waals surface area contributed by atoms with Crippen molar-refractivity contribution < 1.29 is 41.6 Å². The molecule has 8 nitrogen and oxygen atoms in total. The molecule has 10 heteroatoms. The number of halogens is 1. The van der Waals surface area contributed by atoms with Crippen LogP contribution in [0.3, 0.4) is 0 Å². The van der Waals surface area contributed by atoms with E-state index in [2.05, 4.69) is 9.97 Å². The third-order valence-corrected chi connectivity index (χ3v) is 5.00. The number of aliphatic hydroxyl groups is 3. The fourth-order valence-corrected chi connectivity index (χ4v) is 3.86. The summed E-state index contributed by atoms with van der Waals surface area (Å²) in [7, 11) is 0. The summed E-state index contributed by atoms with van der Waals surface area (Å²) in [5.74, 6) is 0.988. The molecule has 4 atom stereocenters. The van der Waals surface area contributed by atoms with E-state index in [1.165, 1.54) is 0 Å². The predicted octanol–water partition coefficient (Wildman–Crippen LogP) is -4.56. The van der Waals surface area contributed by atoms with Gasteiger partial charge in [-0.3, -0.25) is 4.57 Å². The summed E-state index contributed by atoms with van der Waals surface area (Å²) < 4.78 is 9.18. The normalized spacial score (nSPS) is 30.5. The van der Waals surface area contributed by atoms with Crippen molar-refractivity contribution in [2.45, 2.75) is 36.1 Å². The third-order valence-electron chi connectivity index (χ3n) is 3.91. The Kier molecular flexibility index (Phi) is 4.40. The summed E-state index contributed by atoms with van der Waals surface area (Å²) in [6, 6.07) is 0. The molecular formula is C12H15BrN4O4S. The fraction of sp³-hybridized carbons (Fsp3) is 0.583. The van der Waals surface area contributed by atoms with Gasteiger partial charge in [0, 0.05) is 5.75 Å². The molecular weight excluding hydrogens is 376 g/mol. The lowest BCUT2D eigenvalue weighted by molar-refractivity contribution is -0.724. The van der Waals surface area contributed by atoms with Gasteiger partial charge in [0.25, 0.3) is 12.0 Å². The van der Waals surface area contributed by atoms with Crippen molar-refractivity contribution in [3.63, 3.8) is 0 Å². The molecule has 2 aromatic rings. The molecule has 4 heterocycles. The Labute approximate surface area is 140 Å². The molecule has 2 aliphatic rings. The first-order valence-electron chi connectivity index (χ1n) is 6.71. The van der Waals surface area contributed by atoms with E-state index in [-0.39, 0.29) is 23.6 Å². The van der Waals surface area contributed by atoms with E-state index >= 15 is 0 Å². The average molecular weight is 391 g/mol. The van der Waals surface area contributed by atoms with Crippen LogP contribution in [-0.4, -0.2) is 60.5 Å². The van der Waals surface area contributed by atoms with E-state index in [9.17, 15) is 10.2 Å². The zero-order valence-corrected chi connectivity index (χ0v) is 13.8. The molecule has 0 saturated carbocycles. The predicted molar refractivity (Wildman–Crippen MR) is 71.5 cm³/mol. The summed E-state index contributed by atoms with van der Waals surface area (Å²) in [5.41, 5.74) is 1.36. The van der Waals surface area contributed by atoms with Gasteiger partial charge in [-0.05, 0) is 4.98 Å². The van der Waals surface area contributed by atoms with Gasteiger partial charge in [0.05, 0.1) is 6.61 Å². The molecule has 0 spiro atoms. The van der Waals surface area contributed by atoms with E-state index in [1.54, 1.807) is 29.0 Å². The highest BCUT2D eigenvalue weighted by atomic mass is 79.9. The maximum atomic E-state index is 10.1. The first-order chi connectivity index (χ1) is 10.2. The number of aliphatic hydroxyl groups excluding tert-OH is 3. The minimum absolute atomic E-state index is 0. The summed E-state index contributed by atoms with van der Waals surface area (Å²) in [6.07, 6.45) is -0.565. The molecule has 0 radical (unpaired) electrons. The number of hydrogen-bond acceptors (Lipinski definition) is 7. The fourth-order valence-electron chi connectivity index (χ4n) is 2.79. The third kappa shape index (κ3) is 2.25. The van der Waals surface area contributed by atoms with Crippen LogP contribution in [0.2, 0.25) is 0 Å². The highest BCUT2D eigenvalue weighted by molar-refractivity contribution is 7.99. The zero-order valence-electron chi connectivity index (χ0n) is 11.4. The van der Waals surface area contributed by atoms with E-state index in [4.69, 9.17) is 9.84 Å². The Morgan fingerprint density at radius 2 is 2.18 bits per heavy atom. The van der Waals surface area contributed by atoms with Crippen LogP contribution in [-0.2, 0) is 11.3 Å². The lowest BCUT2D eigenvalue weighted by atomic mass is 10.1. The lowest BCUT2D eigenvalue weighted by Gasteiger charge is -2.14. The van der Waals surface area contributed by atoms with Crippen molar-refractivity contribution in [3.05, 3.63) is 12.7 Å². The average Bonchev–Trinajstić information content (AvgIpc) is 3.17. The first kappa shape index (κ1) is 16.1. The Bertz CT molecular complexity index is 699. The molecule has 0 bridgehead atoms. The second-order valence-corrected chi connectivity index (χ2v) is 6.23. The number of nitrogens with zero attached hydrogens (tertiary/aromatic N) is 4. The minimum Gasteiger partial charge on any atom is -1.00 e. The number of ether oxygens (including phenoxy) is 1. The van der Waals surface area contributed by atoms with Gasteiger partial charge in [-0.1, -0.05) is 11.8 Å². The van der Waals surface area contributed by atoms with Crippen molar-refractivity contribution in [3.8, 4) is 0 Å². The molecule has 2 aliphatic heterocycles. The van der Waals surface area contributed by atoms with Gasteiger partial charge in [-0.25, -0.2) is 9.55 Å². The quantitative estimate of drug-likeness (QED) is 0.350. The lowest BCUT2D eigenvalue weighted by Crippen LogP contribution is -3.00. The van der Waals surface area contributed by atoms with E-state index < -0.39 is 24.5 Å². The van der Waals surface area contributed by atoms with Crippen molar-refractivity contribution in [2.24, 2.45) is 0 Å². The van der Waals surface area contributed by atoms with E-state index in [1.807, 2.05) is 4.57 Å². The van der Waals surface area contributed by atoms with Crippen LogP contribution >= 0.6 is 11.8 Å². The van der Waals surface area contributed by atoms with Crippen LogP contribution in [0, 0.1) is 0 Å². The molecule has 1 saturated heterocycles. The molecule has 0 aliphatic carbocycles. The Balaban J connectivity index is 0.00000144. The number of thioether (sulfide) groups is 1. The molecule has 0 amide bonds. The monoisotopic (exact) mass is 390 g/mol. The summed E-state index contributed by atoms with van der Waals surface area (Å²) in [4.78, 5) is 8.75. The summed E-state index contributed by atoms with van der Waals surface area (Å²) >= 11 is 1.71. The number of aryl methyl sites for hydroxylation is 1. The Hall–Kier alpha value is -0.780. The van der Waals surface area contributed by atoms with Gasteiger partial charge < -0.3 is 37.0 Å². The maximum Gasteiger partial charge on any atom is 0.289 e. The van der Waals surface area contributed by atoms with E-state index in [0.717, 1.165) is 22.8 Å². The number of aromatic nitrogens is 4. The molecule has 4 rings (SSSR count). The largest absolute Gasteiger partial charge is 1.00 e. The molecule has 0 aromatic carbocycles. The second-order valence-electron chi connectivity index (χ2n) is 5.14. The highest BCUT2D eigenvalue weighted by Crippen LogP contribution is 2.33. The van der Waals surface area contributed by atoms with Crippen LogP contribution in [0.4, 0.5) is 0 Å². The summed E-state index contributed by atoms with van der Waals surface area (Å²) in [5, 5.41) is 30.2. The topological polar surface area (TPSA) is 105 Å². The number of hydrogen-bond donors (Lipinski definition) is 3.